The Kier molecular flexibility index (Phi) is 2.88. The second-order valence-corrected chi connectivity index (χ2v) is 3.45. The molecule has 1 N–H and O–H groups in total. The van der Waals surface area contributed by atoms with E-state index < -0.39 is 0 Å². The second kappa shape index (κ2) is 4.32. The van der Waals surface area contributed by atoms with E-state index in [4.69, 9.17) is 4.74 Å². The number of hydrogen-bond acceptors (Lipinski definition) is 4. The molecule has 5 nitrogen and oxygen atoms in total. The predicted molar refractivity (Wildman–Crippen MR) is 48.9 cm³/mol. The highest BCUT2D eigenvalue weighted by molar-refractivity contribution is 5.93. The Bertz CT molecular complexity index is 291. The lowest BCUT2D eigenvalue weighted by Crippen LogP contribution is -2.09. The molecule has 1 aromatic heterocycles. The summed E-state index contributed by atoms with van der Waals surface area (Å²) in [6.45, 7) is 0.836. The van der Waals surface area contributed by atoms with E-state index in [0.717, 1.165) is 25.9 Å². The number of aromatic amines is 1. The van der Waals surface area contributed by atoms with Gasteiger partial charge in [-0.1, -0.05) is 0 Å². The van der Waals surface area contributed by atoms with Gasteiger partial charge in [0.15, 0.2) is 5.78 Å². The van der Waals surface area contributed by atoms with E-state index in [1.54, 1.807) is 0 Å². The summed E-state index contributed by atoms with van der Waals surface area (Å²) in [5.74, 6) is 0.0363. The smallest absolute Gasteiger partial charge is 0.184 e. The standard InChI is InChI=1S/C9H13N3O2/c13-9(8-6-10-12-11-8)4-3-7-2-1-5-14-7/h6-7H,1-5H2,(H,10,11,12). The van der Waals surface area contributed by atoms with E-state index >= 15 is 0 Å². The third-order valence-electron chi connectivity index (χ3n) is 2.42. The Hall–Kier alpha value is -1.23. The van der Waals surface area contributed by atoms with Gasteiger partial charge >= 0.3 is 0 Å². The van der Waals surface area contributed by atoms with Gasteiger partial charge in [0.05, 0.1) is 12.3 Å². The van der Waals surface area contributed by atoms with Gasteiger partial charge < -0.3 is 4.74 Å². The van der Waals surface area contributed by atoms with Crippen LogP contribution in [0.4, 0.5) is 0 Å². The highest BCUT2D eigenvalue weighted by Gasteiger charge is 2.17. The van der Waals surface area contributed by atoms with Crippen molar-refractivity contribution in [3.05, 3.63) is 11.9 Å². The number of Topliss-reactive ketones (excluding diaryl/α,β-unsaturated/α-hetero) is 1. The first kappa shape index (κ1) is 9.33. The van der Waals surface area contributed by atoms with Crippen LogP contribution in [0.15, 0.2) is 6.20 Å². The van der Waals surface area contributed by atoms with Gasteiger partial charge in [0.1, 0.15) is 5.69 Å². The molecule has 0 spiro atoms. The van der Waals surface area contributed by atoms with Gasteiger partial charge in [-0.25, -0.2) is 0 Å². The summed E-state index contributed by atoms with van der Waals surface area (Å²) in [6.07, 6.45) is 5.21. The average molecular weight is 195 g/mol. The Labute approximate surface area is 81.8 Å². The molecule has 14 heavy (non-hydrogen) atoms. The van der Waals surface area contributed by atoms with E-state index in [-0.39, 0.29) is 11.9 Å². The summed E-state index contributed by atoms with van der Waals surface area (Å²) < 4.78 is 5.42. The van der Waals surface area contributed by atoms with Crippen molar-refractivity contribution in [1.82, 2.24) is 15.4 Å². The molecule has 5 heteroatoms. The van der Waals surface area contributed by atoms with Crippen molar-refractivity contribution < 1.29 is 9.53 Å². The van der Waals surface area contributed by atoms with Crippen LogP contribution in [0, 0.1) is 0 Å². The lowest BCUT2D eigenvalue weighted by atomic mass is 10.1. The summed E-state index contributed by atoms with van der Waals surface area (Å²) in [5, 5.41) is 9.76. The van der Waals surface area contributed by atoms with Crippen molar-refractivity contribution in [2.24, 2.45) is 0 Å². The number of nitrogens with zero attached hydrogens (tertiary/aromatic N) is 2. The van der Waals surface area contributed by atoms with Crippen LogP contribution in [0.3, 0.4) is 0 Å². The van der Waals surface area contributed by atoms with Crippen molar-refractivity contribution in [3.8, 4) is 0 Å². The van der Waals surface area contributed by atoms with Crippen LogP contribution in [0.25, 0.3) is 0 Å². The Morgan fingerprint density at radius 1 is 1.71 bits per heavy atom. The molecule has 1 saturated heterocycles. The summed E-state index contributed by atoms with van der Waals surface area (Å²) >= 11 is 0. The first-order valence-corrected chi connectivity index (χ1v) is 4.87. The zero-order chi connectivity index (χ0) is 9.80. The fraction of sp³-hybridized carbons (Fsp3) is 0.667. The van der Waals surface area contributed by atoms with Crippen LogP contribution >= 0.6 is 0 Å². The van der Waals surface area contributed by atoms with Crippen LogP contribution in [-0.4, -0.2) is 33.9 Å². The summed E-state index contributed by atoms with van der Waals surface area (Å²) in [6, 6.07) is 0. The number of carbonyl (C=O) groups is 1. The Morgan fingerprint density at radius 2 is 2.64 bits per heavy atom. The lowest BCUT2D eigenvalue weighted by molar-refractivity contribution is 0.0856. The minimum absolute atomic E-state index is 0.0363. The maximum absolute atomic E-state index is 11.5. The molecule has 1 aromatic rings. The highest BCUT2D eigenvalue weighted by atomic mass is 16.5. The van der Waals surface area contributed by atoms with Crippen molar-refractivity contribution in [2.45, 2.75) is 31.8 Å². The molecular weight excluding hydrogens is 182 g/mol. The summed E-state index contributed by atoms with van der Waals surface area (Å²) in [7, 11) is 0. The van der Waals surface area contributed by atoms with Crippen molar-refractivity contribution >= 4 is 5.78 Å². The monoisotopic (exact) mass is 195 g/mol. The molecule has 0 amide bonds. The Morgan fingerprint density at radius 3 is 3.29 bits per heavy atom. The number of ether oxygens (including phenoxy) is 1. The summed E-state index contributed by atoms with van der Waals surface area (Å²) in [5.41, 5.74) is 0.419. The largest absolute Gasteiger partial charge is 0.378 e. The molecule has 1 unspecified atom stereocenters. The number of H-pyrrole nitrogens is 1. The molecule has 0 aliphatic carbocycles. The molecule has 2 rings (SSSR count). The zero-order valence-electron chi connectivity index (χ0n) is 7.90. The van der Waals surface area contributed by atoms with Crippen molar-refractivity contribution in [3.63, 3.8) is 0 Å². The van der Waals surface area contributed by atoms with Crippen molar-refractivity contribution in [1.29, 1.82) is 0 Å². The molecule has 0 radical (unpaired) electrons. The number of rotatable bonds is 4. The van der Waals surface area contributed by atoms with Gasteiger partial charge in [0, 0.05) is 13.0 Å². The van der Waals surface area contributed by atoms with Gasteiger partial charge in [-0.3, -0.25) is 4.79 Å². The topological polar surface area (TPSA) is 67.9 Å². The maximum Gasteiger partial charge on any atom is 0.184 e. The normalized spacial score (nSPS) is 21.3. The zero-order valence-corrected chi connectivity index (χ0v) is 7.90. The molecule has 1 aliphatic heterocycles. The molecule has 0 bridgehead atoms. The van der Waals surface area contributed by atoms with Gasteiger partial charge in [0.2, 0.25) is 0 Å². The van der Waals surface area contributed by atoms with E-state index in [1.807, 2.05) is 0 Å². The number of ketones is 1. The van der Waals surface area contributed by atoms with Gasteiger partial charge in [-0.05, 0) is 19.3 Å². The predicted octanol–water partition coefficient (Wildman–Crippen LogP) is 0.947. The molecule has 1 aliphatic rings. The van der Waals surface area contributed by atoms with Gasteiger partial charge in [-0.15, -0.1) is 0 Å². The minimum Gasteiger partial charge on any atom is -0.378 e. The van der Waals surface area contributed by atoms with E-state index in [1.165, 1.54) is 6.20 Å². The molecule has 0 saturated carbocycles. The first-order valence-electron chi connectivity index (χ1n) is 4.87. The van der Waals surface area contributed by atoms with Crippen LogP contribution in [0.5, 0.6) is 0 Å². The van der Waals surface area contributed by atoms with Crippen LogP contribution < -0.4 is 0 Å². The quantitative estimate of drug-likeness (QED) is 0.726. The number of carbonyl (C=O) groups excluding carboxylic acids is 1. The van der Waals surface area contributed by atoms with Crippen LogP contribution in [-0.2, 0) is 4.74 Å². The van der Waals surface area contributed by atoms with Crippen molar-refractivity contribution in [2.75, 3.05) is 6.61 Å². The first-order chi connectivity index (χ1) is 6.86. The van der Waals surface area contributed by atoms with E-state index in [9.17, 15) is 4.79 Å². The lowest BCUT2D eigenvalue weighted by Gasteiger charge is -2.06. The van der Waals surface area contributed by atoms with E-state index in [2.05, 4.69) is 15.4 Å². The fourth-order valence-electron chi connectivity index (χ4n) is 1.63. The maximum atomic E-state index is 11.5. The SMILES string of the molecule is O=C(CCC1CCCO1)c1cn[nH]n1. The Balaban J connectivity index is 1.78. The number of aromatic nitrogens is 3. The molecule has 0 aromatic carbocycles. The third-order valence-corrected chi connectivity index (χ3v) is 2.42. The second-order valence-electron chi connectivity index (χ2n) is 3.45. The molecular formula is C9H13N3O2. The minimum atomic E-state index is 0.0363. The molecule has 1 atom stereocenters. The van der Waals surface area contributed by atoms with E-state index in [0.29, 0.717) is 12.1 Å². The number of hydrogen-bond donors (Lipinski definition) is 1. The van der Waals surface area contributed by atoms with Crippen LogP contribution in [0.2, 0.25) is 0 Å². The van der Waals surface area contributed by atoms with Crippen LogP contribution in [0.1, 0.15) is 36.2 Å². The molecule has 1 fully saturated rings. The number of nitrogens with one attached hydrogen (secondary N) is 1. The van der Waals surface area contributed by atoms with Gasteiger partial charge in [-0.2, -0.15) is 15.4 Å². The average Bonchev–Trinajstić information content (AvgIpc) is 2.87. The molecule has 2 heterocycles. The fourth-order valence-corrected chi connectivity index (χ4v) is 1.63. The third kappa shape index (κ3) is 2.17. The van der Waals surface area contributed by atoms with Gasteiger partial charge in [0.25, 0.3) is 0 Å². The molecule has 76 valence electrons. The summed E-state index contributed by atoms with van der Waals surface area (Å²) in [4.78, 5) is 11.5. The highest BCUT2D eigenvalue weighted by Crippen LogP contribution is 2.17.